The first-order valence-corrected chi connectivity index (χ1v) is 8.88. The normalized spacial score (nSPS) is 23.9. The fraction of sp³-hybridized carbons (Fsp3) is 0.824. The predicted molar refractivity (Wildman–Crippen MR) is 111 cm³/mol. The molecular formula is C17H33IN6O. The van der Waals surface area contributed by atoms with E-state index in [9.17, 15) is 0 Å². The lowest BCUT2D eigenvalue weighted by Crippen LogP contribution is -2.47. The number of methoxy groups -OCH3 is 1. The maximum atomic E-state index is 5.13. The standard InChI is InChI=1S/C17H32N6O.HI/c1-12-8-13(2)10-15(9-12)20-17(18-6-7-24-5)19-11-16-22-21-14(3)23(16)4;/h12-13,15H,6-11H2,1-5H3,(H2,18,19,20);1H. The molecule has 0 aliphatic heterocycles. The van der Waals surface area contributed by atoms with Crippen LogP contribution in [0.25, 0.3) is 0 Å². The summed E-state index contributed by atoms with van der Waals surface area (Å²) >= 11 is 0. The number of hydrogen-bond donors (Lipinski definition) is 2. The Morgan fingerprint density at radius 3 is 2.48 bits per heavy atom. The van der Waals surface area contributed by atoms with Crippen molar-refractivity contribution >= 4 is 29.9 Å². The molecule has 7 nitrogen and oxygen atoms in total. The molecule has 0 radical (unpaired) electrons. The highest BCUT2D eigenvalue weighted by atomic mass is 127. The topological polar surface area (TPSA) is 76.4 Å². The minimum absolute atomic E-state index is 0. The lowest BCUT2D eigenvalue weighted by Gasteiger charge is -2.33. The molecule has 0 spiro atoms. The largest absolute Gasteiger partial charge is 0.383 e. The van der Waals surface area contributed by atoms with Crippen LogP contribution in [0.15, 0.2) is 4.99 Å². The second-order valence-electron chi connectivity index (χ2n) is 7.07. The van der Waals surface area contributed by atoms with Crippen molar-refractivity contribution < 1.29 is 4.74 Å². The van der Waals surface area contributed by atoms with Crippen molar-refractivity contribution in [2.45, 2.75) is 52.6 Å². The molecule has 8 heteroatoms. The third kappa shape index (κ3) is 7.08. The van der Waals surface area contributed by atoms with Gasteiger partial charge in [-0.05, 0) is 38.0 Å². The van der Waals surface area contributed by atoms with Crippen molar-refractivity contribution in [1.29, 1.82) is 0 Å². The molecule has 1 heterocycles. The van der Waals surface area contributed by atoms with Crippen LogP contribution < -0.4 is 10.6 Å². The van der Waals surface area contributed by atoms with Gasteiger partial charge in [0, 0.05) is 26.7 Å². The Hall–Kier alpha value is -0.900. The van der Waals surface area contributed by atoms with Crippen molar-refractivity contribution in [2.75, 3.05) is 20.3 Å². The van der Waals surface area contributed by atoms with Gasteiger partial charge < -0.3 is 19.9 Å². The first-order chi connectivity index (χ1) is 11.5. The van der Waals surface area contributed by atoms with Crippen LogP contribution in [0.2, 0.25) is 0 Å². The number of halogens is 1. The van der Waals surface area contributed by atoms with Gasteiger partial charge in [0.1, 0.15) is 12.4 Å². The minimum atomic E-state index is 0. The van der Waals surface area contributed by atoms with E-state index in [1.54, 1.807) is 7.11 Å². The molecule has 0 saturated heterocycles. The zero-order chi connectivity index (χ0) is 17.5. The smallest absolute Gasteiger partial charge is 0.192 e. The van der Waals surface area contributed by atoms with E-state index in [-0.39, 0.29) is 24.0 Å². The lowest BCUT2D eigenvalue weighted by atomic mass is 9.80. The van der Waals surface area contributed by atoms with Crippen molar-refractivity contribution in [1.82, 2.24) is 25.4 Å². The van der Waals surface area contributed by atoms with Crippen LogP contribution in [0.5, 0.6) is 0 Å². The minimum Gasteiger partial charge on any atom is -0.383 e. The number of hydrogen-bond acceptors (Lipinski definition) is 4. The summed E-state index contributed by atoms with van der Waals surface area (Å²) in [5.41, 5.74) is 0. The lowest BCUT2D eigenvalue weighted by molar-refractivity contribution is 0.203. The summed E-state index contributed by atoms with van der Waals surface area (Å²) in [5.74, 6) is 4.11. The molecule has 1 fully saturated rings. The van der Waals surface area contributed by atoms with Crippen molar-refractivity contribution in [3.05, 3.63) is 11.6 Å². The van der Waals surface area contributed by atoms with E-state index in [4.69, 9.17) is 9.73 Å². The number of aryl methyl sites for hydroxylation is 1. The summed E-state index contributed by atoms with van der Waals surface area (Å²) in [7, 11) is 3.68. The van der Waals surface area contributed by atoms with Gasteiger partial charge >= 0.3 is 0 Å². The van der Waals surface area contributed by atoms with Crippen LogP contribution in [-0.4, -0.2) is 47.0 Å². The van der Waals surface area contributed by atoms with E-state index >= 15 is 0 Å². The molecule has 0 amide bonds. The van der Waals surface area contributed by atoms with E-state index in [1.807, 2.05) is 18.5 Å². The Morgan fingerprint density at radius 2 is 1.92 bits per heavy atom. The SMILES string of the molecule is COCCNC(=NCc1nnc(C)n1C)NC1CC(C)CC(C)C1.I. The van der Waals surface area contributed by atoms with E-state index in [0.29, 0.717) is 19.2 Å². The molecule has 1 aliphatic rings. The molecule has 1 aromatic rings. The van der Waals surface area contributed by atoms with Gasteiger partial charge in [-0.15, -0.1) is 34.2 Å². The van der Waals surface area contributed by atoms with Crippen LogP contribution in [0.1, 0.15) is 44.8 Å². The molecule has 1 aromatic heterocycles. The predicted octanol–water partition coefficient (Wildman–Crippen LogP) is 2.25. The first kappa shape index (κ1) is 22.1. The number of aromatic nitrogens is 3. The molecule has 1 saturated carbocycles. The number of ether oxygens (including phenoxy) is 1. The van der Waals surface area contributed by atoms with Crippen LogP contribution in [-0.2, 0) is 18.3 Å². The molecule has 2 N–H and O–H groups in total. The molecule has 2 atom stereocenters. The van der Waals surface area contributed by atoms with E-state index in [1.165, 1.54) is 19.3 Å². The molecule has 25 heavy (non-hydrogen) atoms. The monoisotopic (exact) mass is 464 g/mol. The highest BCUT2D eigenvalue weighted by molar-refractivity contribution is 14.0. The van der Waals surface area contributed by atoms with Gasteiger partial charge in [0.25, 0.3) is 0 Å². The summed E-state index contributed by atoms with van der Waals surface area (Å²) in [6, 6.07) is 0.471. The molecular weight excluding hydrogens is 431 g/mol. The van der Waals surface area contributed by atoms with E-state index < -0.39 is 0 Å². The Morgan fingerprint density at radius 1 is 1.24 bits per heavy atom. The number of nitrogens with zero attached hydrogens (tertiary/aromatic N) is 4. The molecule has 144 valence electrons. The Kier molecular flexibility index (Phi) is 9.70. The molecule has 1 aliphatic carbocycles. The first-order valence-electron chi connectivity index (χ1n) is 8.88. The highest BCUT2D eigenvalue weighted by Gasteiger charge is 2.24. The van der Waals surface area contributed by atoms with Crippen LogP contribution in [0, 0.1) is 18.8 Å². The number of guanidine groups is 1. The average Bonchev–Trinajstić information content (AvgIpc) is 2.83. The zero-order valence-electron chi connectivity index (χ0n) is 16.1. The van der Waals surface area contributed by atoms with Gasteiger partial charge in [-0.2, -0.15) is 0 Å². The fourth-order valence-corrected chi connectivity index (χ4v) is 3.42. The van der Waals surface area contributed by atoms with Gasteiger partial charge in [-0.25, -0.2) is 4.99 Å². The third-order valence-electron chi connectivity index (χ3n) is 4.68. The average molecular weight is 464 g/mol. The van der Waals surface area contributed by atoms with Gasteiger partial charge in [0.2, 0.25) is 0 Å². The van der Waals surface area contributed by atoms with Crippen molar-refractivity contribution in [2.24, 2.45) is 23.9 Å². The number of aliphatic imine (C=N–C) groups is 1. The third-order valence-corrected chi connectivity index (χ3v) is 4.68. The van der Waals surface area contributed by atoms with Crippen LogP contribution in [0.3, 0.4) is 0 Å². The summed E-state index contributed by atoms with van der Waals surface area (Å²) in [6.07, 6.45) is 3.71. The second kappa shape index (κ2) is 10.9. The van der Waals surface area contributed by atoms with E-state index in [0.717, 1.165) is 36.0 Å². The summed E-state index contributed by atoms with van der Waals surface area (Å²) in [6.45, 7) is 8.52. The number of nitrogens with one attached hydrogen (secondary N) is 2. The zero-order valence-corrected chi connectivity index (χ0v) is 18.4. The fourth-order valence-electron chi connectivity index (χ4n) is 3.42. The van der Waals surface area contributed by atoms with Crippen LogP contribution >= 0.6 is 24.0 Å². The molecule has 0 bridgehead atoms. The number of rotatable bonds is 6. The Labute approximate surface area is 168 Å². The van der Waals surface area contributed by atoms with Gasteiger partial charge in [-0.1, -0.05) is 13.8 Å². The maximum absolute atomic E-state index is 5.13. The Balaban J connectivity index is 0.00000312. The summed E-state index contributed by atoms with van der Waals surface area (Å²) < 4.78 is 7.10. The van der Waals surface area contributed by atoms with E-state index in [2.05, 4.69) is 34.7 Å². The van der Waals surface area contributed by atoms with Crippen molar-refractivity contribution in [3.8, 4) is 0 Å². The van der Waals surface area contributed by atoms with Gasteiger partial charge in [0.05, 0.1) is 6.61 Å². The Bertz CT molecular complexity index is 537. The molecule has 2 rings (SSSR count). The van der Waals surface area contributed by atoms with Crippen LogP contribution in [0.4, 0.5) is 0 Å². The maximum Gasteiger partial charge on any atom is 0.192 e. The quantitative estimate of drug-likeness (QED) is 0.292. The van der Waals surface area contributed by atoms with Crippen molar-refractivity contribution in [3.63, 3.8) is 0 Å². The molecule has 0 aromatic carbocycles. The summed E-state index contributed by atoms with van der Waals surface area (Å²) in [5, 5.41) is 15.2. The van der Waals surface area contributed by atoms with Gasteiger partial charge in [0.15, 0.2) is 11.8 Å². The second-order valence-corrected chi connectivity index (χ2v) is 7.07. The summed E-state index contributed by atoms with van der Waals surface area (Å²) in [4.78, 5) is 4.70. The van der Waals surface area contributed by atoms with Gasteiger partial charge in [-0.3, -0.25) is 0 Å². The highest BCUT2D eigenvalue weighted by Crippen LogP contribution is 2.28. The molecule has 2 unspecified atom stereocenters.